The van der Waals surface area contributed by atoms with E-state index in [9.17, 15) is 9.59 Å². The Balaban J connectivity index is 3.32. The molecule has 0 saturated carbocycles. The molecule has 0 heterocycles. The molecule has 0 aromatic carbocycles. The van der Waals surface area contributed by atoms with Gasteiger partial charge in [-0.15, -0.1) is 0 Å². The third-order valence-corrected chi connectivity index (χ3v) is 1.31. The summed E-state index contributed by atoms with van der Waals surface area (Å²) in [7, 11) is 3.83. The number of carbonyl (C=O) groups is 2. The maximum Gasteiger partial charge on any atom is 0.317 e. The standard InChI is InChI=1S/C8H15NO4/c1-9(2)4-3-5-13-8(12)6-7(10)11/h3-6H2,1-2H3,(H,10,11). The maximum atomic E-state index is 10.7. The van der Waals surface area contributed by atoms with Crippen LogP contribution in [0.5, 0.6) is 0 Å². The van der Waals surface area contributed by atoms with Crippen LogP contribution in [0.25, 0.3) is 0 Å². The van der Waals surface area contributed by atoms with Crippen LogP contribution in [0.4, 0.5) is 0 Å². The van der Waals surface area contributed by atoms with Crippen LogP contribution in [0.1, 0.15) is 12.8 Å². The molecular formula is C8H15NO4. The van der Waals surface area contributed by atoms with Crippen LogP contribution in [0.15, 0.2) is 0 Å². The SMILES string of the molecule is CN(C)CCCOC(=O)CC(=O)O. The third kappa shape index (κ3) is 8.81. The van der Waals surface area contributed by atoms with Gasteiger partial charge in [-0.2, -0.15) is 0 Å². The van der Waals surface area contributed by atoms with E-state index < -0.39 is 18.4 Å². The Hall–Kier alpha value is -1.10. The van der Waals surface area contributed by atoms with Gasteiger partial charge in [-0.1, -0.05) is 0 Å². The smallest absolute Gasteiger partial charge is 0.317 e. The van der Waals surface area contributed by atoms with Gasteiger partial charge in [-0.3, -0.25) is 9.59 Å². The third-order valence-electron chi connectivity index (χ3n) is 1.31. The first-order valence-corrected chi connectivity index (χ1v) is 4.04. The summed E-state index contributed by atoms with van der Waals surface area (Å²) in [4.78, 5) is 22.7. The fourth-order valence-electron chi connectivity index (χ4n) is 0.741. The summed E-state index contributed by atoms with van der Waals surface area (Å²) in [5.41, 5.74) is 0. The lowest BCUT2D eigenvalue weighted by atomic mass is 10.4. The maximum absolute atomic E-state index is 10.7. The average Bonchev–Trinajstić information content (AvgIpc) is 1.96. The van der Waals surface area contributed by atoms with Crippen LogP contribution in [0.2, 0.25) is 0 Å². The molecule has 0 spiro atoms. The molecule has 0 amide bonds. The highest BCUT2D eigenvalue weighted by molar-refractivity contribution is 5.90. The number of ether oxygens (including phenoxy) is 1. The number of carboxylic acid groups (broad SMARTS) is 1. The Morgan fingerprint density at radius 1 is 1.38 bits per heavy atom. The second-order valence-corrected chi connectivity index (χ2v) is 2.95. The van der Waals surface area contributed by atoms with E-state index in [0.717, 1.165) is 13.0 Å². The number of esters is 1. The van der Waals surface area contributed by atoms with Gasteiger partial charge in [0, 0.05) is 6.54 Å². The summed E-state index contributed by atoms with van der Waals surface area (Å²) >= 11 is 0. The van der Waals surface area contributed by atoms with Gasteiger partial charge in [0.25, 0.3) is 0 Å². The van der Waals surface area contributed by atoms with Crippen LogP contribution in [0, 0.1) is 0 Å². The van der Waals surface area contributed by atoms with E-state index in [1.165, 1.54) is 0 Å². The predicted octanol–water partition coefficient (Wildman–Crippen LogP) is -0.0440. The van der Waals surface area contributed by atoms with Crippen molar-refractivity contribution in [1.82, 2.24) is 4.90 Å². The molecule has 76 valence electrons. The van der Waals surface area contributed by atoms with Gasteiger partial charge in [0.2, 0.25) is 0 Å². The fourth-order valence-corrected chi connectivity index (χ4v) is 0.741. The summed E-state index contributed by atoms with van der Waals surface area (Å²) in [5, 5.41) is 8.22. The van der Waals surface area contributed by atoms with Crippen molar-refractivity contribution in [2.75, 3.05) is 27.2 Å². The highest BCUT2D eigenvalue weighted by atomic mass is 16.5. The Bertz CT molecular complexity index is 179. The van der Waals surface area contributed by atoms with Crippen molar-refractivity contribution in [2.24, 2.45) is 0 Å². The van der Waals surface area contributed by atoms with Crippen molar-refractivity contribution in [3.63, 3.8) is 0 Å². The van der Waals surface area contributed by atoms with Crippen molar-refractivity contribution in [1.29, 1.82) is 0 Å². The minimum atomic E-state index is -1.15. The van der Waals surface area contributed by atoms with Crippen LogP contribution in [-0.4, -0.2) is 49.2 Å². The summed E-state index contributed by atoms with van der Waals surface area (Å²) in [5.74, 6) is -1.83. The predicted molar refractivity (Wildman–Crippen MR) is 46.4 cm³/mol. The van der Waals surface area contributed by atoms with Crippen molar-refractivity contribution in [3.8, 4) is 0 Å². The van der Waals surface area contributed by atoms with Crippen LogP contribution in [-0.2, 0) is 14.3 Å². The minimum Gasteiger partial charge on any atom is -0.481 e. The molecule has 0 bridgehead atoms. The van der Waals surface area contributed by atoms with Gasteiger partial charge >= 0.3 is 11.9 Å². The lowest BCUT2D eigenvalue weighted by molar-refractivity contribution is -0.151. The summed E-state index contributed by atoms with van der Waals surface area (Å²) < 4.78 is 4.66. The number of carboxylic acids is 1. The molecule has 0 fully saturated rings. The molecule has 5 nitrogen and oxygen atoms in total. The normalized spacial score (nSPS) is 10.1. The van der Waals surface area contributed by atoms with E-state index in [1.807, 2.05) is 19.0 Å². The highest BCUT2D eigenvalue weighted by Crippen LogP contribution is 1.90. The Labute approximate surface area is 77.3 Å². The van der Waals surface area contributed by atoms with E-state index in [1.54, 1.807) is 0 Å². The molecule has 1 N–H and O–H groups in total. The van der Waals surface area contributed by atoms with E-state index in [-0.39, 0.29) is 6.61 Å². The number of rotatable bonds is 6. The minimum absolute atomic E-state index is 0.282. The first-order chi connectivity index (χ1) is 6.02. The zero-order valence-electron chi connectivity index (χ0n) is 7.95. The van der Waals surface area contributed by atoms with Gasteiger partial charge in [0.15, 0.2) is 0 Å². The number of aliphatic carboxylic acids is 1. The topological polar surface area (TPSA) is 66.8 Å². The summed E-state index contributed by atoms with van der Waals surface area (Å²) in [6.45, 7) is 1.10. The molecule has 0 rings (SSSR count). The second-order valence-electron chi connectivity index (χ2n) is 2.95. The molecule has 0 atom stereocenters. The first kappa shape index (κ1) is 11.9. The lowest BCUT2D eigenvalue weighted by Crippen LogP contribution is -2.17. The van der Waals surface area contributed by atoms with Crippen molar-refractivity contribution in [3.05, 3.63) is 0 Å². The van der Waals surface area contributed by atoms with Crippen molar-refractivity contribution >= 4 is 11.9 Å². The zero-order chi connectivity index (χ0) is 10.3. The largest absolute Gasteiger partial charge is 0.481 e. The first-order valence-electron chi connectivity index (χ1n) is 4.04. The average molecular weight is 189 g/mol. The molecule has 0 aliphatic rings. The molecule has 5 heteroatoms. The van der Waals surface area contributed by atoms with Gasteiger partial charge in [-0.05, 0) is 20.5 Å². The molecule has 0 aliphatic heterocycles. The summed E-state index contributed by atoms with van der Waals surface area (Å²) in [6, 6.07) is 0. The number of hydrogen-bond donors (Lipinski definition) is 1. The quantitative estimate of drug-likeness (QED) is 0.360. The van der Waals surface area contributed by atoms with Crippen LogP contribution < -0.4 is 0 Å². The molecule has 0 aliphatic carbocycles. The zero-order valence-corrected chi connectivity index (χ0v) is 7.95. The molecule has 0 radical (unpaired) electrons. The number of hydrogen-bond acceptors (Lipinski definition) is 4. The highest BCUT2D eigenvalue weighted by Gasteiger charge is 2.07. The van der Waals surface area contributed by atoms with Crippen molar-refractivity contribution < 1.29 is 19.4 Å². The second kappa shape index (κ2) is 6.42. The molecule has 0 aromatic rings. The fraction of sp³-hybridized carbons (Fsp3) is 0.750. The number of carbonyl (C=O) groups excluding carboxylic acids is 1. The Morgan fingerprint density at radius 3 is 2.46 bits per heavy atom. The summed E-state index contributed by atoms with van der Waals surface area (Å²) in [6.07, 6.45) is 0.167. The molecule has 0 saturated heterocycles. The van der Waals surface area contributed by atoms with E-state index >= 15 is 0 Å². The van der Waals surface area contributed by atoms with Gasteiger partial charge in [0.05, 0.1) is 6.61 Å². The van der Waals surface area contributed by atoms with Gasteiger partial charge in [-0.25, -0.2) is 0 Å². The Kier molecular flexibility index (Phi) is 5.88. The van der Waals surface area contributed by atoms with E-state index in [0.29, 0.717) is 0 Å². The van der Waals surface area contributed by atoms with Crippen LogP contribution >= 0.6 is 0 Å². The van der Waals surface area contributed by atoms with Gasteiger partial charge < -0.3 is 14.7 Å². The number of nitrogens with zero attached hydrogens (tertiary/aromatic N) is 1. The molecule has 13 heavy (non-hydrogen) atoms. The van der Waals surface area contributed by atoms with E-state index in [2.05, 4.69) is 4.74 Å². The van der Waals surface area contributed by atoms with E-state index in [4.69, 9.17) is 5.11 Å². The monoisotopic (exact) mass is 189 g/mol. The molecule has 0 aromatic heterocycles. The van der Waals surface area contributed by atoms with Crippen molar-refractivity contribution in [2.45, 2.75) is 12.8 Å². The van der Waals surface area contributed by atoms with Crippen LogP contribution in [0.3, 0.4) is 0 Å². The molecule has 0 unspecified atom stereocenters. The lowest BCUT2D eigenvalue weighted by Gasteiger charge is -2.08. The molecular weight excluding hydrogens is 174 g/mol. The van der Waals surface area contributed by atoms with Gasteiger partial charge in [0.1, 0.15) is 6.42 Å². The Morgan fingerprint density at radius 2 is 2.00 bits per heavy atom.